The van der Waals surface area contributed by atoms with Crippen LogP contribution >= 0.6 is 0 Å². The summed E-state index contributed by atoms with van der Waals surface area (Å²) in [7, 11) is -3.38. The lowest BCUT2D eigenvalue weighted by molar-refractivity contribution is 0.0929. The number of nitrogens with zero attached hydrogens (tertiary/aromatic N) is 2. The lowest BCUT2D eigenvalue weighted by atomic mass is 10.2. The maximum atomic E-state index is 11.6. The molecular weight excluding hydrogens is 244 g/mol. The van der Waals surface area contributed by atoms with Crippen LogP contribution in [0.2, 0.25) is 0 Å². The van der Waals surface area contributed by atoms with Gasteiger partial charge in [0.05, 0.1) is 31.1 Å². The molecule has 96 valence electrons. The zero-order chi connectivity index (χ0) is 12.5. The summed E-state index contributed by atoms with van der Waals surface area (Å²) in [5, 5.41) is 9.17. The second-order valence-corrected chi connectivity index (χ2v) is 6.12. The van der Waals surface area contributed by atoms with Gasteiger partial charge in [-0.2, -0.15) is 0 Å². The van der Waals surface area contributed by atoms with Crippen molar-refractivity contribution in [1.29, 1.82) is 0 Å². The van der Waals surface area contributed by atoms with Gasteiger partial charge in [-0.1, -0.05) is 0 Å². The first-order chi connectivity index (χ1) is 8.02. The van der Waals surface area contributed by atoms with E-state index in [2.05, 4.69) is 4.98 Å². The molecule has 1 fully saturated rings. The van der Waals surface area contributed by atoms with E-state index >= 15 is 0 Å². The molecule has 1 atom stereocenters. The van der Waals surface area contributed by atoms with Crippen molar-refractivity contribution in [2.24, 2.45) is 0 Å². The highest BCUT2D eigenvalue weighted by molar-refractivity contribution is 7.90. The van der Waals surface area contributed by atoms with Crippen LogP contribution in [-0.4, -0.2) is 42.0 Å². The summed E-state index contributed by atoms with van der Waals surface area (Å²) in [5.74, 6) is 0. The van der Waals surface area contributed by atoms with E-state index in [1.807, 2.05) is 0 Å². The highest BCUT2D eigenvalue weighted by atomic mass is 32.2. The molecule has 0 bridgehead atoms. The molecule has 1 N–H and O–H groups in total. The molecule has 0 spiro atoms. The van der Waals surface area contributed by atoms with Gasteiger partial charge < -0.3 is 14.4 Å². The van der Waals surface area contributed by atoms with E-state index in [9.17, 15) is 13.5 Å². The second-order valence-electron chi connectivity index (χ2n) is 4.21. The molecule has 1 aliphatic heterocycles. The van der Waals surface area contributed by atoms with Crippen LogP contribution < -0.4 is 0 Å². The molecule has 0 unspecified atom stereocenters. The fourth-order valence-corrected chi connectivity index (χ4v) is 2.84. The van der Waals surface area contributed by atoms with E-state index in [0.29, 0.717) is 18.8 Å². The number of imidazole rings is 1. The van der Waals surface area contributed by atoms with E-state index in [-0.39, 0.29) is 17.9 Å². The van der Waals surface area contributed by atoms with Gasteiger partial charge in [0.1, 0.15) is 0 Å². The van der Waals surface area contributed by atoms with Gasteiger partial charge in [0.2, 0.25) is 15.0 Å². The second kappa shape index (κ2) is 4.75. The number of ether oxygens (including phenoxy) is 1. The first kappa shape index (κ1) is 12.5. The Morgan fingerprint density at radius 3 is 2.94 bits per heavy atom. The summed E-state index contributed by atoms with van der Waals surface area (Å²) in [4.78, 5) is 3.86. The maximum Gasteiger partial charge on any atom is 0.227 e. The van der Waals surface area contributed by atoms with Crippen LogP contribution in [0, 0.1) is 0 Å². The number of hydrogen-bond acceptors (Lipinski definition) is 5. The Morgan fingerprint density at radius 1 is 1.65 bits per heavy atom. The molecule has 0 amide bonds. The van der Waals surface area contributed by atoms with Gasteiger partial charge in [-0.3, -0.25) is 0 Å². The molecule has 7 heteroatoms. The summed E-state index contributed by atoms with van der Waals surface area (Å²) >= 11 is 0. The Kier molecular flexibility index (Phi) is 3.50. The summed E-state index contributed by atoms with van der Waals surface area (Å²) in [6, 6.07) is 0. The van der Waals surface area contributed by atoms with E-state index in [4.69, 9.17) is 4.74 Å². The molecule has 0 saturated carbocycles. The predicted molar refractivity (Wildman–Crippen MR) is 60.2 cm³/mol. The molecule has 1 aliphatic rings. The minimum atomic E-state index is -3.38. The fraction of sp³-hybridized carbons (Fsp3) is 0.700. The third-order valence-electron chi connectivity index (χ3n) is 2.81. The van der Waals surface area contributed by atoms with Crippen molar-refractivity contribution in [1.82, 2.24) is 9.55 Å². The molecule has 0 aliphatic carbocycles. The van der Waals surface area contributed by atoms with Crippen molar-refractivity contribution < 1.29 is 18.3 Å². The molecule has 0 aromatic carbocycles. The van der Waals surface area contributed by atoms with Crippen LogP contribution in [0.15, 0.2) is 11.4 Å². The largest absolute Gasteiger partial charge is 0.390 e. The molecule has 1 aromatic heterocycles. The lowest BCUT2D eigenvalue weighted by Gasteiger charge is -2.14. The van der Waals surface area contributed by atoms with E-state index in [0.717, 1.165) is 19.1 Å². The van der Waals surface area contributed by atoms with Crippen molar-refractivity contribution in [3.05, 3.63) is 11.9 Å². The summed E-state index contributed by atoms with van der Waals surface area (Å²) < 4.78 is 30.1. The molecular formula is C10H16N2O4S. The number of aromatic nitrogens is 2. The van der Waals surface area contributed by atoms with E-state index in [1.165, 1.54) is 10.8 Å². The molecule has 17 heavy (non-hydrogen) atoms. The lowest BCUT2D eigenvalue weighted by Crippen LogP contribution is -2.20. The van der Waals surface area contributed by atoms with Gasteiger partial charge in [-0.05, 0) is 12.8 Å². The minimum absolute atomic E-state index is 0.00273. The SMILES string of the molecule is CS(=O)(=O)c1ncc(CO)n1C[C@H]1CCCO1. The summed E-state index contributed by atoms with van der Waals surface area (Å²) in [6.45, 7) is 0.912. The van der Waals surface area contributed by atoms with Gasteiger partial charge in [0, 0.05) is 12.9 Å². The Morgan fingerprint density at radius 2 is 2.41 bits per heavy atom. The number of sulfone groups is 1. The van der Waals surface area contributed by atoms with Crippen LogP contribution in [0.1, 0.15) is 18.5 Å². The van der Waals surface area contributed by atoms with Crippen LogP contribution in [0.5, 0.6) is 0 Å². The molecule has 0 radical (unpaired) electrons. The first-order valence-electron chi connectivity index (χ1n) is 5.49. The van der Waals surface area contributed by atoms with Crippen LogP contribution in [-0.2, 0) is 27.7 Å². The Bertz CT molecular complexity index is 488. The zero-order valence-electron chi connectivity index (χ0n) is 9.66. The van der Waals surface area contributed by atoms with E-state index < -0.39 is 9.84 Å². The van der Waals surface area contributed by atoms with Gasteiger partial charge >= 0.3 is 0 Å². The van der Waals surface area contributed by atoms with Crippen molar-refractivity contribution in [2.75, 3.05) is 12.9 Å². The molecule has 1 saturated heterocycles. The highest BCUT2D eigenvalue weighted by Gasteiger charge is 2.23. The summed E-state index contributed by atoms with van der Waals surface area (Å²) in [6.07, 6.45) is 4.41. The van der Waals surface area contributed by atoms with Crippen LogP contribution in [0.3, 0.4) is 0 Å². The van der Waals surface area contributed by atoms with Gasteiger partial charge in [-0.15, -0.1) is 0 Å². The fourth-order valence-electron chi connectivity index (χ4n) is 2.00. The van der Waals surface area contributed by atoms with Crippen LogP contribution in [0.4, 0.5) is 0 Å². The van der Waals surface area contributed by atoms with Crippen molar-refractivity contribution >= 4 is 9.84 Å². The molecule has 2 heterocycles. The topological polar surface area (TPSA) is 81.4 Å². The molecule has 1 aromatic rings. The van der Waals surface area contributed by atoms with Crippen molar-refractivity contribution in [3.63, 3.8) is 0 Å². The minimum Gasteiger partial charge on any atom is -0.390 e. The zero-order valence-corrected chi connectivity index (χ0v) is 10.5. The maximum absolute atomic E-state index is 11.6. The third kappa shape index (κ3) is 2.67. The first-order valence-corrected chi connectivity index (χ1v) is 7.38. The predicted octanol–water partition coefficient (Wildman–Crippen LogP) is -0.0421. The Balaban J connectivity index is 2.31. The quantitative estimate of drug-likeness (QED) is 0.821. The Hall–Kier alpha value is -0.920. The van der Waals surface area contributed by atoms with Gasteiger partial charge in [0.15, 0.2) is 0 Å². The van der Waals surface area contributed by atoms with Gasteiger partial charge in [0.25, 0.3) is 0 Å². The molecule has 6 nitrogen and oxygen atoms in total. The monoisotopic (exact) mass is 260 g/mol. The van der Waals surface area contributed by atoms with Crippen molar-refractivity contribution in [2.45, 2.75) is 37.3 Å². The standard InChI is InChI=1S/C10H16N2O4S/c1-17(14,15)10-11-5-8(7-13)12(10)6-9-3-2-4-16-9/h5,9,13H,2-4,6-7H2,1H3/t9-/m1/s1. The Labute approximate surface area is 100 Å². The smallest absolute Gasteiger partial charge is 0.227 e. The molecule has 2 rings (SSSR count). The average molecular weight is 260 g/mol. The number of aliphatic hydroxyl groups excluding tert-OH is 1. The number of rotatable bonds is 4. The highest BCUT2D eigenvalue weighted by Crippen LogP contribution is 2.18. The average Bonchev–Trinajstić information content (AvgIpc) is 2.86. The number of aliphatic hydroxyl groups is 1. The normalized spacial score (nSPS) is 20.9. The van der Waals surface area contributed by atoms with Crippen molar-refractivity contribution in [3.8, 4) is 0 Å². The third-order valence-corrected chi connectivity index (χ3v) is 3.79. The van der Waals surface area contributed by atoms with E-state index in [1.54, 1.807) is 0 Å². The number of hydrogen-bond donors (Lipinski definition) is 1. The summed E-state index contributed by atoms with van der Waals surface area (Å²) in [5.41, 5.74) is 0.501. The van der Waals surface area contributed by atoms with Gasteiger partial charge in [-0.25, -0.2) is 13.4 Å². The van der Waals surface area contributed by atoms with Crippen LogP contribution in [0.25, 0.3) is 0 Å².